The zero-order chi connectivity index (χ0) is 23.2. The van der Waals surface area contributed by atoms with Crippen LogP contribution in [0, 0.1) is 6.92 Å². The van der Waals surface area contributed by atoms with Crippen molar-refractivity contribution in [2.24, 2.45) is 0 Å². The van der Waals surface area contributed by atoms with Crippen molar-refractivity contribution in [1.82, 2.24) is 19.3 Å². The molecule has 0 unspecified atom stereocenters. The zero-order valence-corrected chi connectivity index (χ0v) is 19.3. The second-order valence-electron chi connectivity index (χ2n) is 9.46. The summed E-state index contributed by atoms with van der Waals surface area (Å²) < 4.78 is 7.50. The van der Waals surface area contributed by atoms with Crippen LogP contribution in [0.2, 0.25) is 0 Å². The Hall–Kier alpha value is -3.45. The first-order chi connectivity index (χ1) is 16.6. The normalized spacial score (nSPS) is 17.1. The Kier molecular flexibility index (Phi) is 5.21. The molecule has 174 valence electrons. The molecule has 6 rings (SSSR count). The van der Waals surface area contributed by atoms with E-state index in [1.807, 2.05) is 34.4 Å². The third-order valence-corrected chi connectivity index (χ3v) is 7.31. The fourth-order valence-corrected chi connectivity index (χ4v) is 5.46. The molecule has 0 spiro atoms. The van der Waals surface area contributed by atoms with Crippen LogP contribution < -0.4 is 5.56 Å². The Morgan fingerprint density at radius 3 is 2.74 bits per heavy atom. The number of nitrogens with zero attached hydrogens (tertiary/aromatic N) is 3. The van der Waals surface area contributed by atoms with Crippen molar-refractivity contribution in [3.63, 3.8) is 0 Å². The Labute approximate surface area is 197 Å². The maximum atomic E-state index is 13.6. The maximum absolute atomic E-state index is 13.6. The van der Waals surface area contributed by atoms with Crippen molar-refractivity contribution in [3.05, 3.63) is 81.0 Å². The highest BCUT2D eigenvalue weighted by Gasteiger charge is 2.25. The van der Waals surface area contributed by atoms with E-state index in [4.69, 9.17) is 4.74 Å². The van der Waals surface area contributed by atoms with E-state index >= 15 is 0 Å². The molecule has 1 fully saturated rings. The molecule has 0 bridgehead atoms. The minimum absolute atomic E-state index is 0.00679. The molecular weight excluding hydrogens is 428 g/mol. The largest absolute Gasteiger partial charge is 0.381 e. The summed E-state index contributed by atoms with van der Waals surface area (Å²) in [4.78, 5) is 36.1. The number of aromatic amines is 1. The van der Waals surface area contributed by atoms with Crippen LogP contribution in [0.25, 0.3) is 16.6 Å². The van der Waals surface area contributed by atoms with Crippen molar-refractivity contribution in [1.29, 1.82) is 0 Å². The minimum Gasteiger partial charge on any atom is -0.381 e. The highest BCUT2D eigenvalue weighted by atomic mass is 16.5. The predicted octanol–water partition coefficient (Wildman–Crippen LogP) is 3.97. The summed E-state index contributed by atoms with van der Waals surface area (Å²) >= 11 is 0. The van der Waals surface area contributed by atoms with Gasteiger partial charge < -0.3 is 14.6 Å². The number of hydrogen-bond donors (Lipinski definition) is 1. The minimum atomic E-state index is -0.190. The predicted molar refractivity (Wildman–Crippen MR) is 130 cm³/mol. The van der Waals surface area contributed by atoms with Crippen molar-refractivity contribution < 1.29 is 9.53 Å². The van der Waals surface area contributed by atoms with Crippen LogP contribution in [0.15, 0.2) is 47.4 Å². The topological polar surface area (TPSA) is 79.7 Å². The van der Waals surface area contributed by atoms with E-state index in [2.05, 4.69) is 28.2 Å². The molecule has 0 atom stereocenters. The number of carbonyl (C=O) groups is 1. The van der Waals surface area contributed by atoms with Crippen LogP contribution in [0.3, 0.4) is 0 Å². The van der Waals surface area contributed by atoms with Gasteiger partial charge in [-0.2, -0.15) is 0 Å². The number of fused-ring (bicyclic) bond motifs is 4. The van der Waals surface area contributed by atoms with E-state index in [0.717, 1.165) is 49.1 Å². The van der Waals surface area contributed by atoms with Gasteiger partial charge in [-0.1, -0.05) is 24.3 Å². The Bertz CT molecular complexity index is 1460. The molecule has 2 aromatic heterocycles. The number of imidazole rings is 1. The Morgan fingerprint density at radius 2 is 1.91 bits per heavy atom. The number of H-pyrrole nitrogens is 1. The van der Waals surface area contributed by atoms with Gasteiger partial charge in [-0.25, -0.2) is 4.98 Å². The molecule has 1 amide bonds. The number of aromatic nitrogens is 3. The summed E-state index contributed by atoms with van der Waals surface area (Å²) in [7, 11) is 0. The smallest absolute Gasteiger partial charge is 0.274 e. The lowest BCUT2D eigenvalue weighted by Gasteiger charge is -2.23. The van der Waals surface area contributed by atoms with Gasteiger partial charge in [0.1, 0.15) is 11.3 Å². The second kappa shape index (κ2) is 8.40. The van der Waals surface area contributed by atoms with Gasteiger partial charge in [-0.15, -0.1) is 0 Å². The first kappa shape index (κ1) is 21.1. The molecule has 4 heterocycles. The molecule has 7 nitrogen and oxygen atoms in total. The van der Waals surface area contributed by atoms with Crippen LogP contribution >= 0.6 is 0 Å². The van der Waals surface area contributed by atoms with Crippen molar-refractivity contribution in [3.8, 4) is 0 Å². The lowest BCUT2D eigenvalue weighted by Crippen LogP contribution is -2.31. The molecule has 4 aromatic rings. The third kappa shape index (κ3) is 3.51. The zero-order valence-electron chi connectivity index (χ0n) is 19.3. The quantitative estimate of drug-likeness (QED) is 0.495. The van der Waals surface area contributed by atoms with Crippen LogP contribution in [-0.2, 0) is 17.7 Å². The second-order valence-corrected chi connectivity index (χ2v) is 9.46. The van der Waals surface area contributed by atoms with Gasteiger partial charge in [0.2, 0.25) is 0 Å². The molecule has 2 aromatic carbocycles. The molecule has 2 aliphatic rings. The van der Waals surface area contributed by atoms with Gasteiger partial charge in [0.15, 0.2) is 0 Å². The van der Waals surface area contributed by atoms with Gasteiger partial charge in [0, 0.05) is 37.8 Å². The highest BCUT2D eigenvalue weighted by Crippen LogP contribution is 2.29. The third-order valence-electron chi connectivity index (χ3n) is 7.31. The Morgan fingerprint density at radius 1 is 1.12 bits per heavy atom. The number of ether oxygens (including phenoxy) is 1. The average molecular weight is 457 g/mol. The first-order valence-corrected chi connectivity index (χ1v) is 12.1. The van der Waals surface area contributed by atoms with E-state index < -0.39 is 0 Å². The molecule has 34 heavy (non-hydrogen) atoms. The number of aryl methyl sites for hydroxylation is 2. The van der Waals surface area contributed by atoms with Gasteiger partial charge in [-0.3, -0.25) is 14.0 Å². The summed E-state index contributed by atoms with van der Waals surface area (Å²) in [6.07, 6.45) is 5.36. The highest BCUT2D eigenvalue weighted by molar-refractivity contribution is 5.99. The molecule has 0 radical (unpaired) electrons. The van der Waals surface area contributed by atoms with Crippen LogP contribution in [0.4, 0.5) is 0 Å². The molecular formula is C27H28N4O3. The Balaban J connectivity index is 1.43. The molecule has 1 N–H and O–H groups in total. The van der Waals surface area contributed by atoms with Gasteiger partial charge >= 0.3 is 0 Å². The average Bonchev–Trinajstić information content (AvgIpc) is 3.19. The number of benzene rings is 2. The van der Waals surface area contributed by atoms with E-state index in [0.29, 0.717) is 36.4 Å². The number of carbonyl (C=O) groups excluding carboxylic acids is 1. The van der Waals surface area contributed by atoms with Crippen molar-refractivity contribution in [2.45, 2.75) is 45.1 Å². The van der Waals surface area contributed by atoms with E-state index in [1.165, 1.54) is 11.1 Å². The van der Waals surface area contributed by atoms with E-state index in [9.17, 15) is 9.59 Å². The van der Waals surface area contributed by atoms with Crippen LogP contribution in [-0.4, -0.2) is 44.9 Å². The summed E-state index contributed by atoms with van der Waals surface area (Å²) in [5, 5.41) is 0. The summed E-state index contributed by atoms with van der Waals surface area (Å²) in [6.45, 7) is 4.71. The van der Waals surface area contributed by atoms with Crippen molar-refractivity contribution >= 4 is 22.5 Å². The maximum Gasteiger partial charge on any atom is 0.274 e. The van der Waals surface area contributed by atoms with E-state index in [1.54, 1.807) is 6.20 Å². The monoisotopic (exact) mass is 456 g/mol. The summed E-state index contributed by atoms with van der Waals surface area (Å²) in [6, 6.07) is 12.2. The molecule has 0 aliphatic carbocycles. The number of hydrogen-bond acceptors (Lipinski definition) is 4. The fourth-order valence-electron chi connectivity index (χ4n) is 5.46. The molecule has 0 saturated carbocycles. The molecule has 2 aliphatic heterocycles. The molecule has 1 saturated heterocycles. The number of rotatable bonds is 2. The van der Waals surface area contributed by atoms with Gasteiger partial charge in [0.25, 0.3) is 11.5 Å². The lowest BCUT2D eigenvalue weighted by molar-refractivity contribution is 0.0745. The first-order valence-electron chi connectivity index (χ1n) is 12.1. The summed E-state index contributed by atoms with van der Waals surface area (Å²) in [5.74, 6) is 1.16. The standard InChI is InChI=1S/C27H28N4O3/c1-17-13-23-22(29-26(32)24-15-28-25(31(23)24)19-8-11-34-12-9-19)14-21(17)27(33)30-10-4-7-18-5-2-3-6-20(18)16-30/h2-3,5-6,13-15,19H,4,7-12,16H2,1H3,(H,29,32). The molecule has 7 heteroatoms. The lowest BCUT2D eigenvalue weighted by atomic mass is 9.99. The number of amides is 1. The van der Waals surface area contributed by atoms with Gasteiger partial charge in [-0.05, 0) is 61.4 Å². The SMILES string of the molecule is Cc1cc2c(cc1C(=O)N1CCCc3ccccc3C1)[nH]c(=O)c1cnc(C3CCOCC3)n12. The number of nitrogens with one attached hydrogen (secondary N) is 1. The van der Waals surface area contributed by atoms with Crippen LogP contribution in [0.1, 0.15) is 58.1 Å². The fraction of sp³-hybridized carbons (Fsp3) is 0.370. The van der Waals surface area contributed by atoms with Crippen LogP contribution in [0.5, 0.6) is 0 Å². The van der Waals surface area contributed by atoms with E-state index in [-0.39, 0.29) is 17.4 Å². The van der Waals surface area contributed by atoms with Gasteiger partial charge in [0.05, 0.1) is 17.2 Å². The summed E-state index contributed by atoms with van der Waals surface area (Å²) in [5.41, 5.74) is 5.95. The van der Waals surface area contributed by atoms with Crippen molar-refractivity contribution in [2.75, 3.05) is 19.8 Å².